The van der Waals surface area contributed by atoms with Gasteiger partial charge in [-0.25, -0.2) is 0 Å². The molecule has 0 aromatic heterocycles. The molecule has 1 aromatic rings. The van der Waals surface area contributed by atoms with Gasteiger partial charge < -0.3 is 14.7 Å². The van der Waals surface area contributed by atoms with E-state index in [1.807, 2.05) is 31.4 Å². The number of hydrogen-bond acceptors (Lipinski definition) is 5. The van der Waals surface area contributed by atoms with E-state index in [9.17, 15) is 14.7 Å². The highest BCUT2D eigenvalue weighted by molar-refractivity contribution is 7.98. The number of amides is 1. The molecule has 2 atom stereocenters. The Bertz CT molecular complexity index is 590. The SMILES string of the molecule is CCN(C(=O)CC(C)=O)[C@@H]1Cc2c(OCSC)cccc2[C@H]1O. The van der Waals surface area contributed by atoms with Crippen LogP contribution in [0.3, 0.4) is 0 Å². The molecule has 0 bridgehead atoms. The van der Waals surface area contributed by atoms with Crippen LogP contribution >= 0.6 is 11.8 Å². The highest BCUT2D eigenvalue weighted by Crippen LogP contribution is 2.39. The molecule has 1 aromatic carbocycles. The van der Waals surface area contributed by atoms with Crippen LogP contribution in [0.5, 0.6) is 5.75 Å². The fourth-order valence-corrected chi connectivity index (χ4v) is 3.30. The molecule has 0 radical (unpaired) electrons. The number of aliphatic hydroxyl groups is 1. The first-order chi connectivity index (χ1) is 11.0. The summed E-state index contributed by atoms with van der Waals surface area (Å²) in [6.07, 6.45) is 1.63. The van der Waals surface area contributed by atoms with Crippen molar-refractivity contribution in [1.29, 1.82) is 0 Å². The molecule has 1 aliphatic carbocycles. The number of aliphatic hydroxyl groups excluding tert-OH is 1. The van der Waals surface area contributed by atoms with Gasteiger partial charge in [-0.15, -0.1) is 11.8 Å². The summed E-state index contributed by atoms with van der Waals surface area (Å²) in [5, 5.41) is 10.6. The lowest BCUT2D eigenvalue weighted by molar-refractivity contribution is -0.138. The van der Waals surface area contributed by atoms with Gasteiger partial charge in [0.1, 0.15) is 23.6 Å². The van der Waals surface area contributed by atoms with E-state index in [2.05, 4.69) is 0 Å². The number of ether oxygens (including phenoxy) is 1. The smallest absolute Gasteiger partial charge is 0.230 e. The maximum Gasteiger partial charge on any atom is 0.230 e. The number of carbonyl (C=O) groups excluding carboxylic acids is 2. The quantitative estimate of drug-likeness (QED) is 0.610. The average molecular weight is 337 g/mol. The number of benzene rings is 1. The van der Waals surface area contributed by atoms with Crippen molar-refractivity contribution in [2.75, 3.05) is 18.7 Å². The third-order valence-corrected chi connectivity index (χ3v) is 4.41. The molecule has 0 saturated heterocycles. The van der Waals surface area contributed by atoms with E-state index in [4.69, 9.17) is 4.74 Å². The second-order valence-corrected chi connectivity index (χ2v) is 6.46. The molecule has 0 fully saturated rings. The minimum atomic E-state index is -0.751. The van der Waals surface area contributed by atoms with Crippen LogP contribution in [0, 0.1) is 0 Å². The zero-order valence-corrected chi connectivity index (χ0v) is 14.6. The van der Waals surface area contributed by atoms with Gasteiger partial charge in [0.2, 0.25) is 5.91 Å². The van der Waals surface area contributed by atoms with E-state index in [0.717, 1.165) is 16.9 Å². The van der Waals surface area contributed by atoms with E-state index in [1.54, 1.807) is 16.7 Å². The van der Waals surface area contributed by atoms with E-state index < -0.39 is 6.10 Å². The van der Waals surface area contributed by atoms with Gasteiger partial charge in [-0.2, -0.15) is 0 Å². The summed E-state index contributed by atoms with van der Waals surface area (Å²) in [6, 6.07) is 5.27. The van der Waals surface area contributed by atoms with Crippen molar-refractivity contribution in [2.45, 2.75) is 38.8 Å². The van der Waals surface area contributed by atoms with Gasteiger partial charge in [0.05, 0.1) is 12.5 Å². The Morgan fingerprint density at radius 2 is 2.17 bits per heavy atom. The van der Waals surface area contributed by atoms with E-state index >= 15 is 0 Å². The fraction of sp³-hybridized carbons (Fsp3) is 0.529. The van der Waals surface area contributed by atoms with E-state index in [0.29, 0.717) is 18.9 Å². The van der Waals surface area contributed by atoms with Gasteiger partial charge in [-0.05, 0) is 38.2 Å². The predicted molar refractivity (Wildman–Crippen MR) is 90.6 cm³/mol. The second kappa shape index (κ2) is 7.84. The number of likely N-dealkylation sites (N-methyl/N-ethyl adjacent to an activating group) is 1. The highest BCUT2D eigenvalue weighted by Gasteiger charge is 2.38. The third-order valence-electron chi connectivity index (χ3n) is 4.06. The zero-order chi connectivity index (χ0) is 17.0. The summed E-state index contributed by atoms with van der Waals surface area (Å²) in [4.78, 5) is 25.1. The first-order valence-corrected chi connectivity index (χ1v) is 9.09. The highest BCUT2D eigenvalue weighted by atomic mass is 32.2. The molecule has 6 heteroatoms. The van der Waals surface area contributed by atoms with Gasteiger partial charge in [0.15, 0.2) is 0 Å². The predicted octanol–water partition coefficient (Wildman–Crippen LogP) is 2.17. The van der Waals surface area contributed by atoms with Crippen molar-refractivity contribution < 1.29 is 19.4 Å². The Morgan fingerprint density at radius 3 is 2.78 bits per heavy atom. The summed E-state index contributed by atoms with van der Waals surface area (Å²) in [7, 11) is 0. The van der Waals surface area contributed by atoms with E-state index in [-0.39, 0.29) is 24.2 Å². The number of rotatable bonds is 7. The molecule has 1 aliphatic rings. The fourth-order valence-electron chi connectivity index (χ4n) is 3.05. The lowest BCUT2D eigenvalue weighted by atomic mass is 10.1. The van der Waals surface area contributed by atoms with Crippen molar-refractivity contribution in [3.05, 3.63) is 29.3 Å². The Morgan fingerprint density at radius 1 is 1.43 bits per heavy atom. The number of hydrogen-bond donors (Lipinski definition) is 1. The second-order valence-electron chi connectivity index (χ2n) is 5.65. The number of carbonyl (C=O) groups is 2. The first-order valence-electron chi connectivity index (χ1n) is 7.70. The summed E-state index contributed by atoms with van der Waals surface area (Å²) < 4.78 is 5.73. The standard InChI is InChI=1S/C17H23NO4S/c1-4-18(16(20)8-11(2)19)14-9-13-12(17(14)21)6-5-7-15(13)22-10-23-3/h5-7,14,17,21H,4,8-10H2,1-3H3/t14-,17-/m1/s1. The zero-order valence-electron chi connectivity index (χ0n) is 13.7. The van der Waals surface area contributed by atoms with Gasteiger partial charge >= 0.3 is 0 Å². The van der Waals surface area contributed by atoms with Crippen molar-refractivity contribution in [3.8, 4) is 5.75 Å². The van der Waals surface area contributed by atoms with Gasteiger partial charge in [-0.3, -0.25) is 9.59 Å². The molecule has 23 heavy (non-hydrogen) atoms. The molecule has 0 unspecified atom stereocenters. The van der Waals surface area contributed by atoms with Crippen LogP contribution in [0.25, 0.3) is 0 Å². The van der Waals surface area contributed by atoms with Crippen LogP contribution in [0.4, 0.5) is 0 Å². The van der Waals surface area contributed by atoms with Crippen LogP contribution < -0.4 is 4.74 Å². The molecule has 0 aliphatic heterocycles. The van der Waals surface area contributed by atoms with Crippen molar-refractivity contribution in [3.63, 3.8) is 0 Å². The minimum absolute atomic E-state index is 0.122. The van der Waals surface area contributed by atoms with Gasteiger partial charge in [0.25, 0.3) is 0 Å². The molecule has 0 heterocycles. The molecule has 2 rings (SSSR count). The summed E-state index contributed by atoms with van der Waals surface area (Å²) >= 11 is 1.58. The molecule has 0 saturated carbocycles. The molecule has 126 valence electrons. The maximum absolute atomic E-state index is 12.3. The summed E-state index contributed by atoms with van der Waals surface area (Å²) in [5.41, 5.74) is 1.76. The monoisotopic (exact) mass is 337 g/mol. The Balaban J connectivity index is 2.23. The topological polar surface area (TPSA) is 66.8 Å². The van der Waals surface area contributed by atoms with Crippen molar-refractivity contribution >= 4 is 23.5 Å². The Hall–Kier alpha value is -1.53. The largest absolute Gasteiger partial charge is 0.483 e. The normalized spacial score (nSPS) is 19.3. The van der Waals surface area contributed by atoms with Gasteiger partial charge in [-0.1, -0.05) is 12.1 Å². The maximum atomic E-state index is 12.3. The number of nitrogens with zero attached hydrogens (tertiary/aromatic N) is 1. The number of ketones is 1. The summed E-state index contributed by atoms with van der Waals surface area (Å²) in [6.45, 7) is 3.72. The minimum Gasteiger partial charge on any atom is -0.483 e. The van der Waals surface area contributed by atoms with Crippen molar-refractivity contribution in [2.24, 2.45) is 0 Å². The first kappa shape index (κ1) is 17.8. The molecule has 5 nitrogen and oxygen atoms in total. The molecular weight excluding hydrogens is 314 g/mol. The Labute approximate surface area is 141 Å². The average Bonchev–Trinajstić information content (AvgIpc) is 2.83. The van der Waals surface area contributed by atoms with Crippen LogP contribution in [-0.2, 0) is 16.0 Å². The van der Waals surface area contributed by atoms with E-state index in [1.165, 1.54) is 6.92 Å². The van der Waals surface area contributed by atoms with Crippen molar-refractivity contribution in [1.82, 2.24) is 4.90 Å². The van der Waals surface area contributed by atoms with Crippen LogP contribution in [0.2, 0.25) is 0 Å². The number of fused-ring (bicyclic) bond motifs is 1. The molecule has 1 N–H and O–H groups in total. The number of thioether (sulfide) groups is 1. The third kappa shape index (κ3) is 3.87. The Kier molecular flexibility index (Phi) is 6.07. The van der Waals surface area contributed by atoms with Crippen LogP contribution in [0.1, 0.15) is 37.5 Å². The molecule has 1 amide bonds. The molecular formula is C17H23NO4S. The molecule has 0 spiro atoms. The van der Waals surface area contributed by atoms with Crippen LogP contribution in [-0.4, -0.2) is 46.5 Å². The lowest BCUT2D eigenvalue weighted by Gasteiger charge is -2.30. The number of Topliss-reactive ketones (excluding diaryl/α,β-unsaturated/α-hetero) is 1. The van der Waals surface area contributed by atoms with Crippen LogP contribution in [0.15, 0.2) is 18.2 Å². The lowest BCUT2D eigenvalue weighted by Crippen LogP contribution is -2.43. The van der Waals surface area contributed by atoms with Gasteiger partial charge in [0, 0.05) is 12.1 Å². The summed E-state index contributed by atoms with van der Waals surface area (Å²) in [5.74, 6) is 0.900.